The van der Waals surface area contributed by atoms with Gasteiger partial charge in [0.2, 0.25) is 0 Å². The highest BCUT2D eigenvalue weighted by atomic mass is 35.5. The minimum atomic E-state index is -0.424. The third kappa shape index (κ3) is 5.17. The molecule has 7 heteroatoms. The molecular formula is C24H22ClN3O2S. The van der Waals surface area contributed by atoms with Gasteiger partial charge in [0.1, 0.15) is 16.6 Å². The normalized spacial score (nSPS) is 10.4. The van der Waals surface area contributed by atoms with Gasteiger partial charge >= 0.3 is 5.97 Å². The van der Waals surface area contributed by atoms with E-state index < -0.39 is 5.97 Å². The van der Waals surface area contributed by atoms with Gasteiger partial charge in [-0.15, -0.1) is 22.6 Å². The lowest BCUT2D eigenvalue weighted by molar-refractivity contribution is -0.143. The second kappa shape index (κ2) is 10.3. The van der Waals surface area contributed by atoms with E-state index in [0.29, 0.717) is 0 Å². The van der Waals surface area contributed by atoms with Gasteiger partial charge in [0.15, 0.2) is 0 Å². The molecule has 5 nitrogen and oxygen atoms in total. The summed E-state index contributed by atoms with van der Waals surface area (Å²) in [5.41, 5.74) is 11.7. The van der Waals surface area contributed by atoms with Crippen LogP contribution in [0.2, 0.25) is 0 Å². The van der Waals surface area contributed by atoms with Crippen molar-refractivity contribution in [2.75, 3.05) is 6.54 Å². The Morgan fingerprint density at radius 1 is 0.903 bits per heavy atom. The summed E-state index contributed by atoms with van der Waals surface area (Å²) < 4.78 is 5.12. The van der Waals surface area contributed by atoms with Crippen LogP contribution < -0.4 is 5.73 Å². The van der Waals surface area contributed by atoms with Crippen LogP contribution in [0.3, 0.4) is 0 Å². The Bertz CT molecular complexity index is 1180. The SMILES string of the molecule is Cc1c(-c2ccccc2)cccc1-c1nnc(-c2cccc(COC(=O)CN)c2)s1.Cl. The highest BCUT2D eigenvalue weighted by Gasteiger charge is 2.14. The predicted octanol–water partition coefficient (Wildman–Crippen LogP) is 5.27. The van der Waals surface area contributed by atoms with E-state index in [2.05, 4.69) is 47.5 Å². The molecule has 1 heterocycles. The molecule has 0 unspecified atom stereocenters. The minimum absolute atomic E-state index is 0. The number of carbonyl (C=O) groups is 1. The van der Waals surface area contributed by atoms with E-state index in [1.165, 1.54) is 16.7 Å². The standard InChI is InChI=1S/C24H21N3O2S.ClH/c1-16-20(18-8-3-2-4-9-18)11-6-12-21(16)24-27-26-23(30-24)19-10-5-7-17(13-19)15-29-22(28)14-25;/h2-13H,14-15,25H2,1H3;1H. The maximum atomic E-state index is 11.3. The van der Waals surface area contributed by atoms with Crippen molar-refractivity contribution in [1.82, 2.24) is 10.2 Å². The fraction of sp³-hybridized carbons (Fsp3) is 0.125. The first-order valence-electron chi connectivity index (χ1n) is 9.59. The zero-order valence-corrected chi connectivity index (χ0v) is 18.6. The van der Waals surface area contributed by atoms with Crippen molar-refractivity contribution < 1.29 is 9.53 Å². The molecule has 0 aliphatic heterocycles. The van der Waals surface area contributed by atoms with E-state index >= 15 is 0 Å². The monoisotopic (exact) mass is 451 g/mol. The average Bonchev–Trinajstić information content (AvgIpc) is 3.28. The summed E-state index contributed by atoms with van der Waals surface area (Å²) in [6.45, 7) is 2.18. The molecule has 0 bridgehead atoms. The highest BCUT2D eigenvalue weighted by Crippen LogP contribution is 2.35. The summed E-state index contributed by atoms with van der Waals surface area (Å²) in [5.74, 6) is -0.424. The Morgan fingerprint density at radius 2 is 1.58 bits per heavy atom. The molecule has 3 aromatic carbocycles. The lowest BCUT2D eigenvalue weighted by Crippen LogP contribution is -2.16. The number of aromatic nitrogens is 2. The molecule has 0 aliphatic rings. The first-order valence-corrected chi connectivity index (χ1v) is 10.4. The van der Waals surface area contributed by atoms with E-state index in [-0.39, 0.29) is 25.6 Å². The van der Waals surface area contributed by atoms with Crippen molar-refractivity contribution in [2.45, 2.75) is 13.5 Å². The summed E-state index contributed by atoms with van der Waals surface area (Å²) in [6.07, 6.45) is 0. The third-order valence-electron chi connectivity index (χ3n) is 4.81. The maximum absolute atomic E-state index is 11.3. The predicted molar refractivity (Wildman–Crippen MR) is 127 cm³/mol. The smallest absolute Gasteiger partial charge is 0.320 e. The second-order valence-corrected chi connectivity index (χ2v) is 7.80. The van der Waals surface area contributed by atoms with Gasteiger partial charge in [0, 0.05) is 11.1 Å². The van der Waals surface area contributed by atoms with E-state index in [4.69, 9.17) is 10.5 Å². The molecular weight excluding hydrogens is 430 g/mol. The van der Waals surface area contributed by atoms with Crippen molar-refractivity contribution in [3.63, 3.8) is 0 Å². The van der Waals surface area contributed by atoms with Crippen LogP contribution in [0.5, 0.6) is 0 Å². The average molecular weight is 452 g/mol. The number of hydrogen-bond acceptors (Lipinski definition) is 6. The number of halogens is 1. The van der Waals surface area contributed by atoms with Gasteiger partial charge in [-0.1, -0.05) is 78.1 Å². The van der Waals surface area contributed by atoms with Gasteiger partial charge in [0.25, 0.3) is 0 Å². The van der Waals surface area contributed by atoms with Crippen LogP contribution in [0.1, 0.15) is 11.1 Å². The van der Waals surface area contributed by atoms with Gasteiger partial charge in [-0.3, -0.25) is 4.79 Å². The molecule has 0 saturated carbocycles. The third-order valence-corrected chi connectivity index (χ3v) is 5.82. The second-order valence-electron chi connectivity index (χ2n) is 6.82. The zero-order valence-electron chi connectivity index (χ0n) is 16.9. The summed E-state index contributed by atoms with van der Waals surface area (Å²) in [5, 5.41) is 10.5. The van der Waals surface area contributed by atoms with Crippen LogP contribution in [0.15, 0.2) is 72.8 Å². The van der Waals surface area contributed by atoms with Crippen LogP contribution >= 0.6 is 23.7 Å². The van der Waals surface area contributed by atoms with Gasteiger partial charge < -0.3 is 10.5 Å². The van der Waals surface area contributed by atoms with Gasteiger partial charge in [0.05, 0.1) is 6.54 Å². The molecule has 0 fully saturated rings. The summed E-state index contributed by atoms with van der Waals surface area (Å²) in [4.78, 5) is 11.3. The number of rotatable bonds is 6. The molecule has 4 rings (SSSR count). The Labute approximate surface area is 191 Å². The molecule has 158 valence electrons. The molecule has 0 radical (unpaired) electrons. The lowest BCUT2D eigenvalue weighted by Gasteiger charge is -2.09. The topological polar surface area (TPSA) is 78.1 Å². The van der Waals surface area contributed by atoms with Crippen molar-refractivity contribution in [3.05, 3.63) is 83.9 Å². The number of nitrogens with two attached hydrogens (primary N) is 1. The minimum Gasteiger partial charge on any atom is -0.460 e. The van der Waals surface area contributed by atoms with E-state index in [0.717, 1.165) is 26.7 Å². The number of ether oxygens (including phenoxy) is 1. The number of carbonyl (C=O) groups excluding carboxylic acids is 1. The number of hydrogen-bond donors (Lipinski definition) is 1. The summed E-state index contributed by atoms with van der Waals surface area (Å²) >= 11 is 1.54. The van der Waals surface area contributed by atoms with Crippen molar-refractivity contribution >= 4 is 29.7 Å². The molecule has 4 aromatic rings. The fourth-order valence-corrected chi connectivity index (χ4v) is 4.19. The molecule has 31 heavy (non-hydrogen) atoms. The van der Waals surface area contributed by atoms with Crippen LogP contribution in [0.25, 0.3) is 32.3 Å². The highest BCUT2D eigenvalue weighted by molar-refractivity contribution is 7.17. The van der Waals surface area contributed by atoms with Gasteiger partial charge in [-0.25, -0.2) is 0 Å². The maximum Gasteiger partial charge on any atom is 0.320 e. The van der Waals surface area contributed by atoms with Gasteiger partial charge in [-0.2, -0.15) is 0 Å². The van der Waals surface area contributed by atoms with Crippen LogP contribution in [0.4, 0.5) is 0 Å². The Kier molecular flexibility index (Phi) is 7.52. The lowest BCUT2D eigenvalue weighted by atomic mass is 9.97. The summed E-state index contributed by atoms with van der Waals surface area (Å²) in [6, 6.07) is 24.4. The Morgan fingerprint density at radius 3 is 2.35 bits per heavy atom. The molecule has 0 atom stereocenters. The molecule has 1 aromatic heterocycles. The fourth-order valence-electron chi connectivity index (χ4n) is 3.26. The van der Waals surface area contributed by atoms with Crippen molar-refractivity contribution in [2.24, 2.45) is 5.73 Å². The zero-order chi connectivity index (χ0) is 20.9. The molecule has 2 N–H and O–H groups in total. The molecule has 0 saturated heterocycles. The molecule has 0 spiro atoms. The number of esters is 1. The van der Waals surface area contributed by atoms with Crippen LogP contribution in [-0.2, 0) is 16.1 Å². The van der Waals surface area contributed by atoms with Crippen LogP contribution in [0, 0.1) is 6.92 Å². The largest absolute Gasteiger partial charge is 0.460 e. The number of benzene rings is 3. The van der Waals surface area contributed by atoms with Gasteiger partial charge in [-0.05, 0) is 35.2 Å². The Hall–Kier alpha value is -3.06. The van der Waals surface area contributed by atoms with Crippen molar-refractivity contribution in [3.8, 4) is 32.3 Å². The molecule has 0 amide bonds. The first kappa shape index (κ1) is 22.6. The van der Waals surface area contributed by atoms with Crippen LogP contribution in [-0.4, -0.2) is 22.7 Å². The van der Waals surface area contributed by atoms with E-state index in [1.54, 1.807) is 11.3 Å². The first-order chi connectivity index (χ1) is 14.7. The van der Waals surface area contributed by atoms with E-state index in [1.807, 2.05) is 42.5 Å². The Balaban J connectivity index is 0.00000272. The summed E-state index contributed by atoms with van der Waals surface area (Å²) in [7, 11) is 0. The number of nitrogens with zero attached hydrogens (tertiary/aromatic N) is 2. The quantitative estimate of drug-likeness (QED) is 0.404. The molecule has 0 aliphatic carbocycles. The van der Waals surface area contributed by atoms with Crippen molar-refractivity contribution in [1.29, 1.82) is 0 Å². The van der Waals surface area contributed by atoms with E-state index in [9.17, 15) is 4.79 Å².